The molecule has 0 amide bonds. The van der Waals surface area contributed by atoms with Gasteiger partial charge in [-0.2, -0.15) is 11.8 Å². The van der Waals surface area contributed by atoms with Gasteiger partial charge in [0.25, 0.3) is 0 Å². The summed E-state index contributed by atoms with van der Waals surface area (Å²) in [4.78, 5) is 0. The fraction of sp³-hybridized carbons (Fsp3) is 0.500. The van der Waals surface area contributed by atoms with Crippen LogP contribution in [0.4, 0.5) is 10.1 Å². The SMILES string of the molecule is Nc1c(F)cccc1CC1CCSCC1. The van der Waals surface area contributed by atoms with Crippen LogP contribution in [0.15, 0.2) is 18.2 Å². The number of hydrogen-bond acceptors (Lipinski definition) is 2. The van der Waals surface area contributed by atoms with E-state index in [9.17, 15) is 4.39 Å². The molecule has 2 N–H and O–H groups in total. The molecule has 1 heterocycles. The summed E-state index contributed by atoms with van der Waals surface area (Å²) in [7, 11) is 0. The molecular formula is C12H16FNS. The Labute approximate surface area is 94.2 Å². The summed E-state index contributed by atoms with van der Waals surface area (Å²) in [5.74, 6) is 2.88. The van der Waals surface area contributed by atoms with Crippen LogP contribution in [0.3, 0.4) is 0 Å². The number of thioether (sulfide) groups is 1. The van der Waals surface area contributed by atoms with Crippen LogP contribution in [0.25, 0.3) is 0 Å². The van der Waals surface area contributed by atoms with Crippen LogP contribution >= 0.6 is 11.8 Å². The van der Waals surface area contributed by atoms with Gasteiger partial charge in [-0.1, -0.05) is 12.1 Å². The van der Waals surface area contributed by atoms with Crippen molar-refractivity contribution in [2.24, 2.45) is 5.92 Å². The first-order valence-electron chi connectivity index (χ1n) is 5.38. The predicted molar refractivity (Wildman–Crippen MR) is 64.6 cm³/mol. The summed E-state index contributed by atoms with van der Waals surface area (Å²) in [6, 6.07) is 5.12. The first kappa shape index (κ1) is 10.8. The highest BCUT2D eigenvalue weighted by atomic mass is 32.2. The summed E-state index contributed by atoms with van der Waals surface area (Å²) < 4.78 is 13.2. The van der Waals surface area contributed by atoms with Crippen molar-refractivity contribution in [1.82, 2.24) is 0 Å². The molecule has 1 aliphatic rings. The summed E-state index contributed by atoms with van der Waals surface area (Å²) in [6.45, 7) is 0. The maximum absolute atomic E-state index is 13.2. The minimum Gasteiger partial charge on any atom is -0.396 e. The maximum atomic E-state index is 13.2. The Balaban J connectivity index is 2.06. The second kappa shape index (κ2) is 4.88. The van der Waals surface area contributed by atoms with Crippen molar-refractivity contribution in [2.45, 2.75) is 19.3 Å². The van der Waals surface area contributed by atoms with Crippen molar-refractivity contribution < 1.29 is 4.39 Å². The van der Waals surface area contributed by atoms with Crippen molar-refractivity contribution in [2.75, 3.05) is 17.2 Å². The van der Waals surface area contributed by atoms with Gasteiger partial charge in [0.1, 0.15) is 5.82 Å². The third-order valence-corrected chi connectivity index (χ3v) is 4.04. The molecule has 1 nitrogen and oxygen atoms in total. The lowest BCUT2D eigenvalue weighted by molar-refractivity contribution is 0.487. The smallest absolute Gasteiger partial charge is 0.146 e. The normalized spacial score (nSPS) is 17.9. The van der Waals surface area contributed by atoms with E-state index in [-0.39, 0.29) is 5.82 Å². The van der Waals surface area contributed by atoms with Crippen molar-refractivity contribution >= 4 is 17.4 Å². The van der Waals surface area contributed by atoms with Gasteiger partial charge in [0, 0.05) is 0 Å². The summed E-state index contributed by atoms with van der Waals surface area (Å²) in [6.07, 6.45) is 3.41. The topological polar surface area (TPSA) is 26.0 Å². The molecule has 2 rings (SSSR count). The van der Waals surface area contributed by atoms with Crippen molar-refractivity contribution in [3.63, 3.8) is 0 Å². The van der Waals surface area contributed by atoms with Crippen LogP contribution in [0.1, 0.15) is 18.4 Å². The van der Waals surface area contributed by atoms with Gasteiger partial charge in [0.2, 0.25) is 0 Å². The molecule has 0 bridgehead atoms. The van der Waals surface area contributed by atoms with Gasteiger partial charge in [0.05, 0.1) is 5.69 Å². The maximum Gasteiger partial charge on any atom is 0.146 e. The predicted octanol–water partition coefficient (Wildman–Crippen LogP) is 3.09. The Morgan fingerprint density at radius 3 is 2.80 bits per heavy atom. The van der Waals surface area contributed by atoms with Crippen LogP contribution in [-0.2, 0) is 6.42 Å². The molecule has 1 fully saturated rings. The van der Waals surface area contributed by atoms with E-state index in [0.29, 0.717) is 11.6 Å². The van der Waals surface area contributed by atoms with E-state index in [0.717, 1.165) is 12.0 Å². The highest BCUT2D eigenvalue weighted by molar-refractivity contribution is 7.99. The van der Waals surface area contributed by atoms with Gasteiger partial charge in [-0.3, -0.25) is 0 Å². The van der Waals surface area contributed by atoms with E-state index >= 15 is 0 Å². The number of hydrogen-bond donors (Lipinski definition) is 1. The number of halogens is 1. The fourth-order valence-electron chi connectivity index (χ4n) is 2.02. The molecule has 1 aromatic carbocycles. The molecule has 0 spiro atoms. The molecule has 0 unspecified atom stereocenters. The van der Waals surface area contributed by atoms with Crippen LogP contribution in [0, 0.1) is 11.7 Å². The lowest BCUT2D eigenvalue weighted by Gasteiger charge is -2.21. The van der Waals surface area contributed by atoms with E-state index in [4.69, 9.17) is 5.73 Å². The number of benzene rings is 1. The third-order valence-electron chi connectivity index (χ3n) is 2.99. The molecule has 1 saturated heterocycles. The summed E-state index contributed by atoms with van der Waals surface area (Å²) in [5, 5.41) is 0. The molecule has 0 radical (unpaired) electrons. The van der Waals surface area contributed by atoms with Gasteiger partial charge in [-0.15, -0.1) is 0 Å². The second-order valence-electron chi connectivity index (χ2n) is 4.07. The van der Waals surface area contributed by atoms with Crippen molar-refractivity contribution in [3.8, 4) is 0 Å². The lowest BCUT2D eigenvalue weighted by atomic mass is 9.93. The van der Waals surface area contributed by atoms with Gasteiger partial charge < -0.3 is 5.73 Å². The first-order chi connectivity index (χ1) is 7.27. The molecule has 0 aromatic heterocycles. The number of nitrogen functional groups attached to an aromatic ring is 1. The third kappa shape index (κ3) is 2.65. The van der Waals surface area contributed by atoms with Crippen LogP contribution in [0.5, 0.6) is 0 Å². The molecule has 0 saturated carbocycles. The zero-order valence-electron chi connectivity index (χ0n) is 8.71. The molecule has 1 aliphatic heterocycles. The molecule has 15 heavy (non-hydrogen) atoms. The Morgan fingerprint density at radius 1 is 1.33 bits per heavy atom. The number of para-hydroxylation sites is 1. The molecule has 0 aliphatic carbocycles. The Hall–Kier alpha value is -0.700. The molecular weight excluding hydrogens is 209 g/mol. The first-order valence-corrected chi connectivity index (χ1v) is 6.53. The van der Waals surface area contributed by atoms with Crippen LogP contribution in [0.2, 0.25) is 0 Å². The van der Waals surface area contributed by atoms with Crippen LogP contribution < -0.4 is 5.73 Å². The van der Waals surface area contributed by atoms with Gasteiger partial charge in [-0.05, 0) is 48.3 Å². The van der Waals surface area contributed by atoms with E-state index in [1.54, 1.807) is 6.07 Å². The van der Waals surface area contributed by atoms with E-state index in [1.807, 2.05) is 17.8 Å². The summed E-state index contributed by atoms with van der Waals surface area (Å²) >= 11 is 2.01. The van der Waals surface area contributed by atoms with E-state index in [2.05, 4.69) is 0 Å². The zero-order valence-corrected chi connectivity index (χ0v) is 9.52. The van der Waals surface area contributed by atoms with E-state index < -0.39 is 0 Å². The minimum atomic E-state index is -0.280. The Kier molecular flexibility index (Phi) is 3.52. The average molecular weight is 225 g/mol. The lowest BCUT2D eigenvalue weighted by Crippen LogP contribution is -2.13. The number of anilines is 1. The van der Waals surface area contributed by atoms with Crippen molar-refractivity contribution in [1.29, 1.82) is 0 Å². The van der Waals surface area contributed by atoms with Gasteiger partial charge in [-0.25, -0.2) is 4.39 Å². The highest BCUT2D eigenvalue weighted by Gasteiger charge is 2.16. The summed E-state index contributed by atoms with van der Waals surface area (Å²) in [5.41, 5.74) is 7.04. The monoisotopic (exact) mass is 225 g/mol. The Morgan fingerprint density at radius 2 is 2.07 bits per heavy atom. The van der Waals surface area contributed by atoms with E-state index in [1.165, 1.54) is 30.4 Å². The molecule has 1 aromatic rings. The van der Waals surface area contributed by atoms with Gasteiger partial charge in [0.15, 0.2) is 0 Å². The molecule has 3 heteroatoms. The Bertz CT molecular complexity index is 334. The number of nitrogens with two attached hydrogens (primary N) is 1. The van der Waals surface area contributed by atoms with Crippen molar-refractivity contribution in [3.05, 3.63) is 29.6 Å². The molecule has 82 valence electrons. The fourth-order valence-corrected chi connectivity index (χ4v) is 3.23. The minimum absolute atomic E-state index is 0.280. The number of rotatable bonds is 2. The average Bonchev–Trinajstić information content (AvgIpc) is 2.26. The standard InChI is InChI=1S/C12H16FNS/c13-11-3-1-2-10(12(11)14)8-9-4-6-15-7-5-9/h1-3,9H,4-8,14H2. The largest absolute Gasteiger partial charge is 0.396 e. The molecule has 0 atom stereocenters. The zero-order chi connectivity index (χ0) is 10.7. The second-order valence-corrected chi connectivity index (χ2v) is 5.30. The quantitative estimate of drug-likeness (QED) is 0.783. The highest BCUT2D eigenvalue weighted by Crippen LogP contribution is 2.28. The van der Waals surface area contributed by atoms with Crippen LogP contribution in [-0.4, -0.2) is 11.5 Å². The van der Waals surface area contributed by atoms with Gasteiger partial charge >= 0.3 is 0 Å².